The summed E-state index contributed by atoms with van der Waals surface area (Å²) in [5.41, 5.74) is 1.27. The lowest BCUT2D eigenvalue weighted by molar-refractivity contribution is -0.107. The fourth-order valence-corrected chi connectivity index (χ4v) is 1.65. The van der Waals surface area contributed by atoms with Gasteiger partial charge in [0, 0.05) is 11.5 Å². The number of carbonyl (C=O) groups excluding carboxylic acids is 1. The van der Waals surface area contributed by atoms with Crippen LogP contribution in [-0.4, -0.2) is 18.4 Å². The summed E-state index contributed by atoms with van der Waals surface area (Å²) in [6.07, 6.45) is 0.651. The predicted octanol–water partition coefficient (Wildman–Crippen LogP) is 2.72. The van der Waals surface area contributed by atoms with Crippen LogP contribution >= 0.6 is 11.6 Å². The average Bonchev–Trinajstić information content (AvgIpc) is 2.36. The number of benzene rings is 1. The van der Waals surface area contributed by atoms with Gasteiger partial charge in [-0.25, -0.2) is 0 Å². The van der Waals surface area contributed by atoms with E-state index in [1.165, 1.54) is 0 Å². The molecule has 2 aromatic rings. The average molecular weight is 236 g/mol. The van der Waals surface area contributed by atoms with Gasteiger partial charge in [0.15, 0.2) is 0 Å². The minimum Gasteiger partial charge on any atom is -0.496 e. The molecule has 1 heterocycles. The molecule has 3 nitrogen and oxygen atoms in total. The minimum atomic E-state index is -0.737. The lowest BCUT2D eigenvalue weighted by atomic mass is 10.1. The fraction of sp³-hybridized carbons (Fsp3) is 0.167. The summed E-state index contributed by atoms with van der Waals surface area (Å²) in [4.78, 5) is 14.9. The van der Waals surface area contributed by atoms with E-state index in [-0.39, 0.29) is 0 Å². The van der Waals surface area contributed by atoms with Gasteiger partial charge in [-0.05, 0) is 12.1 Å². The van der Waals surface area contributed by atoms with Crippen LogP contribution in [0.15, 0.2) is 30.3 Å². The molecular formula is C12H10ClNO2. The molecule has 0 saturated carbocycles. The Morgan fingerprint density at radius 2 is 2.19 bits per heavy atom. The molecule has 2 rings (SSSR count). The number of aldehydes is 1. The lowest BCUT2D eigenvalue weighted by Gasteiger charge is -2.08. The summed E-state index contributed by atoms with van der Waals surface area (Å²) < 4.78 is 5.25. The molecule has 0 aliphatic rings. The van der Waals surface area contributed by atoms with Crippen LogP contribution in [0.5, 0.6) is 5.75 Å². The maximum absolute atomic E-state index is 10.6. The number of fused-ring (bicyclic) bond motifs is 1. The normalized spacial score (nSPS) is 12.4. The minimum absolute atomic E-state index is 0.507. The number of para-hydroxylation sites is 1. The molecule has 1 atom stereocenters. The van der Waals surface area contributed by atoms with Crippen molar-refractivity contribution in [2.45, 2.75) is 5.38 Å². The van der Waals surface area contributed by atoms with Crippen LogP contribution in [0.3, 0.4) is 0 Å². The molecule has 16 heavy (non-hydrogen) atoms. The van der Waals surface area contributed by atoms with Crippen LogP contribution in [-0.2, 0) is 4.79 Å². The van der Waals surface area contributed by atoms with Gasteiger partial charge in [-0.15, -0.1) is 11.6 Å². The van der Waals surface area contributed by atoms with Crippen LogP contribution in [0.25, 0.3) is 10.9 Å². The van der Waals surface area contributed by atoms with E-state index in [1.54, 1.807) is 13.2 Å². The number of alkyl halides is 1. The highest BCUT2D eigenvalue weighted by atomic mass is 35.5. The summed E-state index contributed by atoms with van der Waals surface area (Å²) in [5, 5.41) is 0.169. The number of methoxy groups -OCH3 is 1. The van der Waals surface area contributed by atoms with E-state index in [4.69, 9.17) is 16.3 Å². The van der Waals surface area contributed by atoms with Gasteiger partial charge in [-0.1, -0.05) is 12.1 Å². The van der Waals surface area contributed by atoms with Gasteiger partial charge in [0.25, 0.3) is 0 Å². The number of carbonyl (C=O) groups is 1. The van der Waals surface area contributed by atoms with Gasteiger partial charge in [-0.2, -0.15) is 0 Å². The highest BCUT2D eigenvalue weighted by Gasteiger charge is 2.12. The monoisotopic (exact) mass is 235 g/mol. The highest BCUT2D eigenvalue weighted by Crippen LogP contribution is 2.28. The van der Waals surface area contributed by atoms with Crippen molar-refractivity contribution in [1.82, 2.24) is 4.98 Å². The van der Waals surface area contributed by atoms with E-state index in [1.807, 2.05) is 24.3 Å². The number of aromatic nitrogens is 1. The van der Waals surface area contributed by atoms with Crippen molar-refractivity contribution in [2.75, 3.05) is 7.11 Å². The Labute approximate surface area is 98.0 Å². The maximum Gasteiger partial charge on any atom is 0.143 e. The third-order valence-corrected chi connectivity index (χ3v) is 2.65. The van der Waals surface area contributed by atoms with Crippen molar-refractivity contribution in [3.8, 4) is 5.75 Å². The van der Waals surface area contributed by atoms with Gasteiger partial charge in [0.05, 0.1) is 18.3 Å². The van der Waals surface area contributed by atoms with Gasteiger partial charge in [-0.3, -0.25) is 4.98 Å². The van der Waals surface area contributed by atoms with Gasteiger partial charge < -0.3 is 9.53 Å². The van der Waals surface area contributed by atoms with Crippen molar-refractivity contribution in [3.63, 3.8) is 0 Å². The number of rotatable bonds is 3. The van der Waals surface area contributed by atoms with E-state index in [0.717, 1.165) is 10.9 Å². The number of nitrogens with zero attached hydrogens (tertiary/aromatic N) is 1. The van der Waals surface area contributed by atoms with Gasteiger partial charge in [0.1, 0.15) is 17.4 Å². The Morgan fingerprint density at radius 3 is 2.88 bits per heavy atom. The number of pyridine rings is 1. The standard InChI is InChI=1S/C12H10ClNO2/c1-16-12-6-11(9(13)7-15)14-10-5-3-2-4-8(10)12/h2-7,9H,1H3. The Morgan fingerprint density at radius 1 is 1.44 bits per heavy atom. The Hall–Kier alpha value is -1.61. The molecular weight excluding hydrogens is 226 g/mol. The Balaban J connectivity index is 2.67. The van der Waals surface area contributed by atoms with Crippen LogP contribution in [0, 0.1) is 0 Å². The largest absolute Gasteiger partial charge is 0.496 e. The number of halogens is 1. The lowest BCUT2D eigenvalue weighted by Crippen LogP contribution is -1.98. The first-order valence-corrected chi connectivity index (χ1v) is 5.23. The zero-order chi connectivity index (χ0) is 11.5. The summed E-state index contributed by atoms with van der Waals surface area (Å²) in [7, 11) is 1.58. The first-order chi connectivity index (χ1) is 7.76. The van der Waals surface area contributed by atoms with Crippen molar-refractivity contribution in [2.24, 2.45) is 0 Å². The third kappa shape index (κ3) is 1.86. The van der Waals surface area contributed by atoms with E-state index in [2.05, 4.69) is 4.98 Å². The first kappa shape index (κ1) is 10.9. The molecule has 0 aliphatic carbocycles. The Bertz CT molecular complexity index is 527. The SMILES string of the molecule is COc1cc(C(Cl)C=O)nc2ccccc12. The quantitative estimate of drug-likeness (QED) is 0.607. The topological polar surface area (TPSA) is 39.2 Å². The second kappa shape index (κ2) is 4.49. The smallest absolute Gasteiger partial charge is 0.143 e. The van der Waals surface area contributed by atoms with Gasteiger partial charge in [0.2, 0.25) is 0 Å². The van der Waals surface area contributed by atoms with Crippen LogP contribution < -0.4 is 4.74 Å². The van der Waals surface area contributed by atoms with E-state index in [9.17, 15) is 4.79 Å². The molecule has 0 bridgehead atoms. The molecule has 0 amide bonds. The van der Waals surface area contributed by atoms with Crippen molar-refractivity contribution >= 4 is 28.8 Å². The van der Waals surface area contributed by atoms with Crippen molar-refractivity contribution < 1.29 is 9.53 Å². The molecule has 1 unspecified atom stereocenters. The van der Waals surface area contributed by atoms with Crippen LogP contribution in [0.4, 0.5) is 0 Å². The predicted molar refractivity (Wildman–Crippen MR) is 63.0 cm³/mol. The second-order valence-electron chi connectivity index (χ2n) is 3.30. The van der Waals surface area contributed by atoms with Crippen molar-refractivity contribution in [1.29, 1.82) is 0 Å². The molecule has 4 heteroatoms. The molecule has 0 N–H and O–H groups in total. The maximum atomic E-state index is 10.6. The molecule has 0 spiro atoms. The highest BCUT2D eigenvalue weighted by molar-refractivity contribution is 6.27. The zero-order valence-corrected chi connectivity index (χ0v) is 9.44. The molecule has 0 fully saturated rings. The fourth-order valence-electron chi connectivity index (χ4n) is 1.54. The van der Waals surface area contributed by atoms with E-state index < -0.39 is 5.38 Å². The molecule has 82 valence electrons. The molecule has 1 aromatic carbocycles. The first-order valence-electron chi connectivity index (χ1n) is 4.79. The molecule has 0 aliphatic heterocycles. The van der Waals surface area contributed by atoms with Crippen LogP contribution in [0.2, 0.25) is 0 Å². The second-order valence-corrected chi connectivity index (χ2v) is 3.77. The number of hydrogen-bond donors (Lipinski definition) is 0. The zero-order valence-electron chi connectivity index (χ0n) is 8.68. The van der Waals surface area contributed by atoms with E-state index in [0.29, 0.717) is 17.7 Å². The van der Waals surface area contributed by atoms with Crippen molar-refractivity contribution in [3.05, 3.63) is 36.0 Å². The number of ether oxygens (including phenoxy) is 1. The Kier molecular flexibility index (Phi) is 3.06. The number of hydrogen-bond acceptors (Lipinski definition) is 3. The van der Waals surface area contributed by atoms with Crippen LogP contribution in [0.1, 0.15) is 11.1 Å². The summed E-state index contributed by atoms with van der Waals surface area (Å²) in [5.74, 6) is 0.674. The molecule has 0 saturated heterocycles. The summed E-state index contributed by atoms with van der Waals surface area (Å²) in [6, 6.07) is 9.24. The molecule has 0 radical (unpaired) electrons. The van der Waals surface area contributed by atoms with E-state index >= 15 is 0 Å². The molecule has 1 aromatic heterocycles. The van der Waals surface area contributed by atoms with Gasteiger partial charge >= 0.3 is 0 Å². The third-order valence-electron chi connectivity index (χ3n) is 2.32. The summed E-state index contributed by atoms with van der Waals surface area (Å²) in [6.45, 7) is 0. The summed E-state index contributed by atoms with van der Waals surface area (Å²) >= 11 is 5.83.